The summed E-state index contributed by atoms with van der Waals surface area (Å²) in [7, 11) is 4.55. The highest BCUT2D eigenvalue weighted by atomic mass is 15.3. The van der Waals surface area contributed by atoms with Crippen molar-refractivity contribution >= 4 is 11.4 Å². The van der Waals surface area contributed by atoms with E-state index in [1.165, 1.54) is 33.6 Å². The molecule has 0 radical (unpaired) electrons. The molecule has 21 heavy (non-hydrogen) atoms. The van der Waals surface area contributed by atoms with Crippen LogP contribution in [0, 0.1) is 0 Å². The average molecular weight is 272 g/mol. The maximum Gasteiger partial charge on any atom is 0.153 e. The first kappa shape index (κ1) is 12.4. The summed E-state index contributed by atoms with van der Waals surface area (Å²) in [5.41, 5.74) is 8.09. The Kier molecular flexibility index (Phi) is 2.54. The van der Waals surface area contributed by atoms with Gasteiger partial charge in [-0.15, -0.1) is 0 Å². The van der Waals surface area contributed by atoms with Crippen molar-refractivity contribution in [2.75, 3.05) is 14.1 Å². The number of benzene rings is 3. The van der Waals surface area contributed by atoms with Gasteiger partial charge in [-0.05, 0) is 23.8 Å². The Labute approximate surface area is 125 Å². The Morgan fingerprint density at radius 3 is 2.00 bits per heavy atom. The van der Waals surface area contributed by atoms with Gasteiger partial charge in [0.25, 0.3) is 0 Å². The zero-order chi connectivity index (χ0) is 14.4. The molecule has 0 aliphatic carbocycles. The topological polar surface area (TPSA) is 0 Å². The smallest absolute Gasteiger partial charge is 0.153 e. The van der Waals surface area contributed by atoms with E-state index in [4.69, 9.17) is 0 Å². The lowest BCUT2D eigenvalue weighted by Gasteiger charge is -2.27. The molecule has 1 heterocycles. The molecule has 3 aromatic carbocycles. The quantitative estimate of drug-likeness (QED) is 0.532. The van der Waals surface area contributed by atoms with Gasteiger partial charge in [0, 0.05) is 22.8 Å². The second-order valence-corrected chi connectivity index (χ2v) is 6.04. The van der Waals surface area contributed by atoms with Crippen LogP contribution >= 0.6 is 0 Å². The van der Waals surface area contributed by atoms with Crippen molar-refractivity contribution in [3.63, 3.8) is 0 Å². The maximum absolute atomic E-state index is 2.27. The third kappa shape index (κ3) is 1.68. The van der Waals surface area contributed by atoms with E-state index in [9.17, 15) is 0 Å². The lowest BCUT2D eigenvalue weighted by Crippen LogP contribution is -2.32. The highest BCUT2D eigenvalue weighted by Crippen LogP contribution is 2.54. The van der Waals surface area contributed by atoms with E-state index in [0.29, 0.717) is 0 Å². The van der Waals surface area contributed by atoms with Crippen LogP contribution in [0.5, 0.6) is 0 Å². The molecule has 0 bridgehead atoms. The van der Waals surface area contributed by atoms with Gasteiger partial charge in [0.15, 0.2) is 5.69 Å². The SMILES string of the molecule is C[N+]1(C)c2ccccc2-c2cccc(-c3ccccc3)c21. The number of quaternary nitrogens is 1. The summed E-state index contributed by atoms with van der Waals surface area (Å²) in [6.07, 6.45) is 0. The van der Waals surface area contributed by atoms with E-state index in [2.05, 4.69) is 86.9 Å². The molecule has 0 spiro atoms. The first-order valence-electron chi connectivity index (χ1n) is 7.32. The summed E-state index contributed by atoms with van der Waals surface area (Å²) in [6, 6.07) is 26.1. The lowest BCUT2D eigenvalue weighted by atomic mass is 9.98. The van der Waals surface area contributed by atoms with E-state index < -0.39 is 0 Å². The minimum absolute atomic E-state index is 0.802. The molecule has 0 saturated carbocycles. The van der Waals surface area contributed by atoms with Crippen LogP contribution in [0.2, 0.25) is 0 Å². The van der Waals surface area contributed by atoms with Gasteiger partial charge in [0.05, 0.1) is 14.1 Å². The summed E-state index contributed by atoms with van der Waals surface area (Å²) in [5, 5.41) is 0. The number of rotatable bonds is 1. The van der Waals surface area contributed by atoms with Crippen LogP contribution in [-0.4, -0.2) is 14.1 Å². The number of nitrogens with zero attached hydrogens (tertiary/aromatic N) is 1. The fourth-order valence-electron chi connectivity index (χ4n) is 3.52. The molecule has 1 heteroatoms. The van der Waals surface area contributed by atoms with Crippen LogP contribution in [0.3, 0.4) is 0 Å². The predicted molar refractivity (Wildman–Crippen MR) is 90.6 cm³/mol. The van der Waals surface area contributed by atoms with E-state index >= 15 is 0 Å². The molecule has 0 aromatic heterocycles. The Morgan fingerprint density at radius 2 is 1.19 bits per heavy atom. The van der Waals surface area contributed by atoms with Gasteiger partial charge in [0.1, 0.15) is 5.69 Å². The van der Waals surface area contributed by atoms with Gasteiger partial charge in [-0.2, -0.15) is 0 Å². The summed E-state index contributed by atoms with van der Waals surface area (Å²) in [4.78, 5) is 0. The second kappa shape index (κ2) is 4.31. The molecule has 0 saturated heterocycles. The third-order valence-electron chi connectivity index (χ3n) is 4.48. The van der Waals surface area contributed by atoms with Gasteiger partial charge < -0.3 is 0 Å². The first-order valence-corrected chi connectivity index (χ1v) is 7.32. The summed E-state index contributed by atoms with van der Waals surface area (Å²) >= 11 is 0. The lowest BCUT2D eigenvalue weighted by molar-refractivity contribution is 0.569. The number of hydrogen-bond acceptors (Lipinski definition) is 0. The average Bonchev–Trinajstić information content (AvgIpc) is 2.77. The van der Waals surface area contributed by atoms with Gasteiger partial charge in [-0.3, -0.25) is 4.48 Å². The van der Waals surface area contributed by atoms with Crippen LogP contribution in [-0.2, 0) is 0 Å². The zero-order valence-corrected chi connectivity index (χ0v) is 12.4. The van der Waals surface area contributed by atoms with E-state index in [1.54, 1.807) is 0 Å². The minimum atomic E-state index is 0.802. The monoisotopic (exact) mass is 272 g/mol. The van der Waals surface area contributed by atoms with Crippen LogP contribution in [0.1, 0.15) is 0 Å². The maximum atomic E-state index is 2.27. The number of para-hydroxylation sites is 2. The molecule has 0 amide bonds. The molecular formula is C20H18N+. The largest absolute Gasteiger partial charge is 0.262 e. The van der Waals surface area contributed by atoms with Gasteiger partial charge in [0.2, 0.25) is 0 Å². The van der Waals surface area contributed by atoms with Crippen LogP contribution in [0.15, 0.2) is 72.8 Å². The van der Waals surface area contributed by atoms with Crippen molar-refractivity contribution in [2.24, 2.45) is 0 Å². The molecule has 4 rings (SSSR count). The standard InChI is InChI=1S/C20H18N/c1-21(2)19-14-7-6-11-17(19)18-13-8-12-16(20(18)21)15-9-4-3-5-10-15/h3-14H,1-2H3/q+1. The Balaban J connectivity index is 2.06. The first-order chi connectivity index (χ1) is 10.2. The fraction of sp³-hybridized carbons (Fsp3) is 0.100. The fourth-order valence-corrected chi connectivity index (χ4v) is 3.52. The van der Waals surface area contributed by atoms with E-state index in [0.717, 1.165) is 4.48 Å². The summed E-state index contributed by atoms with van der Waals surface area (Å²) in [6.45, 7) is 0. The van der Waals surface area contributed by atoms with Crippen molar-refractivity contribution in [3.05, 3.63) is 72.8 Å². The molecule has 1 aliphatic heterocycles. The normalized spacial score (nSPS) is 14.6. The molecule has 0 N–H and O–H groups in total. The number of fused-ring (bicyclic) bond motifs is 3. The van der Waals surface area contributed by atoms with Crippen molar-refractivity contribution in [1.82, 2.24) is 4.48 Å². The molecule has 1 aliphatic rings. The van der Waals surface area contributed by atoms with E-state index in [-0.39, 0.29) is 0 Å². The van der Waals surface area contributed by atoms with Crippen molar-refractivity contribution < 1.29 is 0 Å². The molecule has 0 atom stereocenters. The highest BCUT2D eigenvalue weighted by Gasteiger charge is 2.38. The Hall–Kier alpha value is -2.38. The minimum Gasteiger partial charge on any atom is -0.262 e. The van der Waals surface area contributed by atoms with Gasteiger partial charge >= 0.3 is 0 Å². The zero-order valence-electron chi connectivity index (χ0n) is 12.4. The predicted octanol–water partition coefficient (Wildman–Crippen LogP) is 5.23. The molecule has 3 aromatic rings. The van der Waals surface area contributed by atoms with Gasteiger partial charge in [-0.25, -0.2) is 0 Å². The molecule has 102 valence electrons. The number of hydrogen-bond donors (Lipinski definition) is 0. The van der Waals surface area contributed by atoms with Crippen molar-refractivity contribution in [3.8, 4) is 22.3 Å². The Morgan fingerprint density at radius 1 is 0.571 bits per heavy atom. The second-order valence-electron chi connectivity index (χ2n) is 6.04. The van der Waals surface area contributed by atoms with Crippen LogP contribution < -0.4 is 4.48 Å². The van der Waals surface area contributed by atoms with E-state index in [1.807, 2.05) is 0 Å². The Bertz CT molecular complexity index is 816. The molecular weight excluding hydrogens is 254 g/mol. The molecule has 0 unspecified atom stereocenters. The third-order valence-corrected chi connectivity index (χ3v) is 4.48. The van der Waals surface area contributed by atoms with Crippen LogP contribution in [0.4, 0.5) is 11.4 Å². The van der Waals surface area contributed by atoms with Crippen molar-refractivity contribution in [1.29, 1.82) is 0 Å². The van der Waals surface area contributed by atoms with Crippen LogP contribution in [0.25, 0.3) is 22.3 Å². The summed E-state index contributed by atoms with van der Waals surface area (Å²) in [5.74, 6) is 0. The molecule has 0 fully saturated rings. The molecule has 1 nitrogen and oxygen atoms in total. The van der Waals surface area contributed by atoms with Crippen molar-refractivity contribution in [2.45, 2.75) is 0 Å². The van der Waals surface area contributed by atoms with Gasteiger partial charge in [-0.1, -0.05) is 48.5 Å². The highest BCUT2D eigenvalue weighted by molar-refractivity contribution is 6.00. The summed E-state index contributed by atoms with van der Waals surface area (Å²) < 4.78 is 0.802.